The van der Waals surface area contributed by atoms with Crippen LogP contribution >= 0.6 is 11.6 Å². The van der Waals surface area contributed by atoms with Crippen LogP contribution in [-0.2, 0) is 20.0 Å². The van der Waals surface area contributed by atoms with Crippen molar-refractivity contribution in [3.05, 3.63) is 82.9 Å². The van der Waals surface area contributed by atoms with Gasteiger partial charge in [-0.3, -0.25) is 13.8 Å². The van der Waals surface area contributed by atoms with Crippen LogP contribution in [0.4, 0.5) is 17.1 Å². The topological polar surface area (TPSA) is 113 Å². The Morgan fingerprint density at radius 3 is 2.06 bits per heavy atom. The molecule has 0 aromatic heterocycles. The minimum absolute atomic E-state index is 0.0201. The predicted octanol–water partition coefficient (Wildman–Crippen LogP) is 4.49. The van der Waals surface area contributed by atoms with Crippen LogP contribution in [-0.4, -0.2) is 35.5 Å². The van der Waals surface area contributed by atoms with Crippen molar-refractivity contribution < 1.29 is 21.6 Å². The molecule has 0 aliphatic heterocycles. The molecule has 0 radical (unpaired) electrons. The number of rotatable bonds is 8. The first kappa shape index (κ1) is 25.5. The molecule has 0 unspecified atom stereocenters. The number of anilines is 3. The first-order valence-electron chi connectivity index (χ1n) is 10.2. The van der Waals surface area contributed by atoms with Crippen molar-refractivity contribution in [2.24, 2.45) is 0 Å². The fraction of sp³-hybridized carbons (Fsp3) is 0.174. The van der Waals surface area contributed by atoms with Crippen LogP contribution in [0.3, 0.4) is 0 Å². The highest BCUT2D eigenvalue weighted by atomic mass is 35.5. The van der Waals surface area contributed by atoms with Gasteiger partial charge in [0.25, 0.3) is 15.9 Å². The predicted molar refractivity (Wildman–Crippen MR) is 136 cm³/mol. The first-order valence-corrected chi connectivity index (χ1v) is 13.7. The van der Waals surface area contributed by atoms with Crippen LogP contribution in [0.25, 0.3) is 0 Å². The number of carbonyl (C=O) groups excluding carboxylic acids is 1. The Hall–Kier alpha value is -3.08. The lowest BCUT2D eigenvalue weighted by Crippen LogP contribution is -2.28. The van der Waals surface area contributed by atoms with Crippen molar-refractivity contribution in [2.75, 3.05) is 27.1 Å². The maximum absolute atomic E-state index is 12.6. The SMILES string of the molecule is CCS(=O)(=O)N(C)c1ccc(C(=O)Nc2ccc(S(=O)(=O)Nc3ccc(C)c(Cl)c3)cc2)cc1. The maximum atomic E-state index is 12.6. The average Bonchev–Trinajstić information content (AvgIpc) is 2.81. The van der Waals surface area contributed by atoms with Gasteiger partial charge in [-0.25, -0.2) is 16.8 Å². The molecule has 34 heavy (non-hydrogen) atoms. The molecule has 3 aromatic rings. The Bertz CT molecular complexity index is 1410. The number of amides is 1. The quantitative estimate of drug-likeness (QED) is 0.453. The lowest BCUT2D eigenvalue weighted by Gasteiger charge is -2.18. The second kappa shape index (κ2) is 10.0. The molecule has 180 valence electrons. The van der Waals surface area contributed by atoms with Crippen molar-refractivity contribution in [2.45, 2.75) is 18.7 Å². The molecule has 2 N–H and O–H groups in total. The Labute approximate surface area is 204 Å². The summed E-state index contributed by atoms with van der Waals surface area (Å²) in [5.74, 6) is -0.457. The largest absolute Gasteiger partial charge is 0.322 e. The Balaban J connectivity index is 1.69. The average molecular weight is 522 g/mol. The number of hydrogen-bond acceptors (Lipinski definition) is 5. The van der Waals surface area contributed by atoms with Crippen molar-refractivity contribution >= 4 is 54.6 Å². The molecule has 0 aliphatic rings. The van der Waals surface area contributed by atoms with Crippen LogP contribution in [0.5, 0.6) is 0 Å². The molecule has 0 bridgehead atoms. The zero-order chi connectivity index (χ0) is 25.1. The van der Waals surface area contributed by atoms with Crippen molar-refractivity contribution in [3.8, 4) is 0 Å². The molecule has 0 aliphatic carbocycles. The molecule has 11 heteroatoms. The third-order valence-electron chi connectivity index (χ3n) is 5.12. The highest BCUT2D eigenvalue weighted by molar-refractivity contribution is 7.93. The van der Waals surface area contributed by atoms with E-state index in [4.69, 9.17) is 11.6 Å². The fourth-order valence-electron chi connectivity index (χ4n) is 2.97. The van der Waals surface area contributed by atoms with E-state index in [2.05, 4.69) is 10.0 Å². The van der Waals surface area contributed by atoms with E-state index in [1.165, 1.54) is 49.5 Å². The van der Waals surface area contributed by atoms with Gasteiger partial charge in [-0.15, -0.1) is 0 Å². The third-order valence-corrected chi connectivity index (χ3v) is 8.70. The summed E-state index contributed by atoms with van der Waals surface area (Å²) in [6.45, 7) is 3.37. The number of aryl methyl sites for hydroxylation is 1. The van der Waals surface area contributed by atoms with Gasteiger partial charge in [-0.05, 0) is 80.1 Å². The molecule has 0 saturated carbocycles. The molecular formula is C23H24ClN3O5S2. The fourth-order valence-corrected chi connectivity index (χ4v) is 5.03. The van der Waals surface area contributed by atoms with Crippen LogP contribution in [0, 0.1) is 6.92 Å². The van der Waals surface area contributed by atoms with Crippen LogP contribution in [0.2, 0.25) is 5.02 Å². The molecule has 8 nitrogen and oxygen atoms in total. The van der Waals surface area contributed by atoms with E-state index in [1.54, 1.807) is 31.2 Å². The van der Waals surface area contributed by atoms with Gasteiger partial charge in [-0.1, -0.05) is 17.7 Å². The molecule has 3 aromatic carbocycles. The van der Waals surface area contributed by atoms with Crippen LogP contribution in [0.1, 0.15) is 22.8 Å². The van der Waals surface area contributed by atoms with Crippen molar-refractivity contribution in [1.29, 1.82) is 0 Å². The molecule has 0 atom stereocenters. The molecule has 1 amide bonds. The number of halogens is 1. The summed E-state index contributed by atoms with van der Waals surface area (Å²) < 4.78 is 52.9. The minimum atomic E-state index is -3.84. The number of nitrogens with zero attached hydrogens (tertiary/aromatic N) is 1. The molecular weight excluding hydrogens is 498 g/mol. The van der Waals surface area contributed by atoms with E-state index in [0.717, 1.165) is 9.87 Å². The summed E-state index contributed by atoms with van der Waals surface area (Å²) in [7, 11) is -5.79. The number of hydrogen-bond donors (Lipinski definition) is 2. The summed E-state index contributed by atoms with van der Waals surface area (Å²) in [5.41, 5.74) is 2.33. The van der Waals surface area contributed by atoms with E-state index in [0.29, 0.717) is 27.6 Å². The third kappa shape index (κ3) is 5.88. The van der Waals surface area contributed by atoms with E-state index >= 15 is 0 Å². The molecule has 3 rings (SSSR count). The van der Waals surface area contributed by atoms with Gasteiger partial charge < -0.3 is 5.32 Å². The zero-order valence-corrected chi connectivity index (χ0v) is 21.1. The van der Waals surface area contributed by atoms with Gasteiger partial charge in [0, 0.05) is 23.3 Å². The standard InChI is InChI=1S/C23H24ClN3O5S2/c1-4-33(29,30)27(3)20-11-6-17(7-12-20)23(28)25-18-9-13-21(14-10-18)34(31,32)26-19-8-5-16(2)22(24)15-19/h5-15,26H,4H2,1-3H3,(H,25,28). The number of benzene rings is 3. The molecule has 0 fully saturated rings. The Kier molecular flexibility index (Phi) is 7.54. The number of sulfonamides is 2. The van der Waals surface area contributed by atoms with Crippen molar-refractivity contribution in [1.82, 2.24) is 0 Å². The summed E-state index contributed by atoms with van der Waals surface area (Å²) in [6.07, 6.45) is 0. The Morgan fingerprint density at radius 1 is 0.912 bits per heavy atom. The highest BCUT2D eigenvalue weighted by Crippen LogP contribution is 2.24. The van der Waals surface area contributed by atoms with Gasteiger partial charge in [0.2, 0.25) is 10.0 Å². The van der Waals surface area contributed by atoms with Gasteiger partial charge >= 0.3 is 0 Å². The lowest BCUT2D eigenvalue weighted by atomic mass is 10.2. The van der Waals surface area contributed by atoms with Gasteiger partial charge in [0.1, 0.15) is 0 Å². The van der Waals surface area contributed by atoms with Crippen LogP contribution < -0.4 is 14.3 Å². The van der Waals surface area contributed by atoms with E-state index < -0.39 is 26.0 Å². The second-order valence-corrected chi connectivity index (χ2v) is 11.8. The van der Waals surface area contributed by atoms with E-state index in [1.807, 2.05) is 6.92 Å². The zero-order valence-electron chi connectivity index (χ0n) is 18.7. The smallest absolute Gasteiger partial charge is 0.261 e. The second-order valence-electron chi connectivity index (χ2n) is 7.46. The molecule has 0 heterocycles. The number of nitrogens with one attached hydrogen (secondary N) is 2. The van der Waals surface area contributed by atoms with Crippen LogP contribution in [0.15, 0.2) is 71.6 Å². The first-order chi connectivity index (χ1) is 15.9. The van der Waals surface area contributed by atoms with Crippen molar-refractivity contribution in [3.63, 3.8) is 0 Å². The van der Waals surface area contributed by atoms with Gasteiger partial charge in [0.05, 0.1) is 22.0 Å². The number of carbonyl (C=O) groups is 1. The Morgan fingerprint density at radius 2 is 1.50 bits per heavy atom. The molecule has 0 saturated heterocycles. The normalized spacial score (nSPS) is 11.6. The van der Waals surface area contributed by atoms with Gasteiger partial charge in [0.15, 0.2) is 0 Å². The summed E-state index contributed by atoms with van der Waals surface area (Å²) in [4.78, 5) is 12.6. The summed E-state index contributed by atoms with van der Waals surface area (Å²) in [5, 5.41) is 3.14. The highest BCUT2D eigenvalue weighted by Gasteiger charge is 2.17. The summed E-state index contributed by atoms with van der Waals surface area (Å²) >= 11 is 6.05. The van der Waals surface area contributed by atoms with Gasteiger partial charge in [-0.2, -0.15) is 0 Å². The lowest BCUT2D eigenvalue weighted by molar-refractivity contribution is 0.102. The molecule has 0 spiro atoms. The minimum Gasteiger partial charge on any atom is -0.322 e. The monoisotopic (exact) mass is 521 g/mol. The van der Waals surface area contributed by atoms with E-state index in [-0.39, 0.29) is 10.6 Å². The summed E-state index contributed by atoms with van der Waals surface area (Å²) in [6, 6.07) is 16.7. The van der Waals surface area contributed by atoms with E-state index in [9.17, 15) is 21.6 Å². The maximum Gasteiger partial charge on any atom is 0.261 e.